The van der Waals surface area contributed by atoms with Crippen LogP contribution in [0.1, 0.15) is 25.7 Å². The van der Waals surface area contributed by atoms with Gasteiger partial charge in [-0.1, -0.05) is 0 Å². The van der Waals surface area contributed by atoms with Crippen LogP contribution >= 0.6 is 0 Å². The first-order valence-corrected chi connectivity index (χ1v) is 6.19. The summed E-state index contributed by atoms with van der Waals surface area (Å²) in [6, 6.07) is 3.49. The molecule has 18 heavy (non-hydrogen) atoms. The molecule has 1 aliphatic heterocycles. The molecule has 98 valence electrons. The first-order chi connectivity index (χ1) is 8.78. The maximum atomic E-state index is 11.7. The summed E-state index contributed by atoms with van der Waals surface area (Å²) in [5.41, 5.74) is 0.688. The van der Waals surface area contributed by atoms with E-state index in [0.29, 0.717) is 18.0 Å². The van der Waals surface area contributed by atoms with E-state index in [2.05, 4.69) is 10.3 Å². The Hall–Kier alpha value is -1.62. The van der Waals surface area contributed by atoms with Crippen LogP contribution in [0.5, 0.6) is 5.88 Å². The third-order valence-corrected chi connectivity index (χ3v) is 2.95. The van der Waals surface area contributed by atoms with Gasteiger partial charge in [-0.05, 0) is 25.3 Å². The van der Waals surface area contributed by atoms with E-state index in [4.69, 9.17) is 9.47 Å². The lowest BCUT2D eigenvalue weighted by Gasteiger charge is -2.09. The zero-order chi connectivity index (χ0) is 12.8. The number of aromatic nitrogens is 1. The number of carbonyl (C=O) groups excluding carboxylic acids is 1. The number of nitrogens with zero attached hydrogens (tertiary/aromatic N) is 1. The van der Waals surface area contributed by atoms with Crippen LogP contribution in [0.2, 0.25) is 0 Å². The fraction of sp³-hybridized carbons (Fsp3) is 0.538. The van der Waals surface area contributed by atoms with Crippen LogP contribution in [0.15, 0.2) is 18.3 Å². The first kappa shape index (κ1) is 12.8. The normalized spacial score (nSPS) is 18.6. The monoisotopic (exact) mass is 250 g/mol. The minimum atomic E-state index is -0.00235. The summed E-state index contributed by atoms with van der Waals surface area (Å²) in [6.07, 6.45) is 5.28. The van der Waals surface area contributed by atoms with Crippen LogP contribution in [0, 0.1) is 0 Å². The molecule has 0 saturated carbocycles. The minimum Gasteiger partial charge on any atom is -0.481 e. The predicted molar refractivity (Wildman–Crippen MR) is 67.6 cm³/mol. The molecule has 5 heteroatoms. The maximum absolute atomic E-state index is 11.7. The van der Waals surface area contributed by atoms with E-state index in [1.807, 2.05) is 0 Å². The lowest BCUT2D eigenvalue weighted by atomic mass is 10.1. The highest BCUT2D eigenvalue weighted by Gasteiger charge is 2.16. The van der Waals surface area contributed by atoms with Crippen molar-refractivity contribution >= 4 is 11.6 Å². The molecule has 0 aromatic carbocycles. The minimum absolute atomic E-state index is 0.00235. The van der Waals surface area contributed by atoms with Crippen molar-refractivity contribution in [2.75, 3.05) is 19.0 Å². The predicted octanol–water partition coefficient (Wildman–Crippen LogP) is 1.99. The van der Waals surface area contributed by atoms with Gasteiger partial charge in [-0.15, -0.1) is 0 Å². The number of hydrogen-bond donors (Lipinski definition) is 1. The summed E-state index contributed by atoms with van der Waals surface area (Å²) in [7, 11) is 1.56. The second kappa shape index (κ2) is 6.35. The lowest BCUT2D eigenvalue weighted by Crippen LogP contribution is -2.15. The van der Waals surface area contributed by atoms with E-state index in [0.717, 1.165) is 25.9 Å². The molecule has 1 fully saturated rings. The summed E-state index contributed by atoms with van der Waals surface area (Å²) in [4.78, 5) is 15.7. The van der Waals surface area contributed by atoms with E-state index >= 15 is 0 Å². The van der Waals surface area contributed by atoms with Crippen LogP contribution in [0.25, 0.3) is 0 Å². The summed E-state index contributed by atoms with van der Waals surface area (Å²) in [5.74, 6) is 0.532. The van der Waals surface area contributed by atoms with E-state index in [1.54, 1.807) is 25.4 Å². The standard InChI is InChI=1S/C13H18N2O3/c1-17-13-7-4-10(9-14-13)15-12(16)6-5-11-3-2-8-18-11/h4,7,9,11H,2-3,5-6,8H2,1H3,(H,15,16)/t11-/m1/s1. The molecule has 1 atom stereocenters. The van der Waals surface area contributed by atoms with Gasteiger partial charge in [0.25, 0.3) is 0 Å². The topological polar surface area (TPSA) is 60.5 Å². The zero-order valence-electron chi connectivity index (χ0n) is 10.5. The van der Waals surface area contributed by atoms with Crippen LogP contribution in [-0.4, -0.2) is 30.7 Å². The smallest absolute Gasteiger partial charge is 0.224 e. The van der Waals surface area contributed by atoms with E-state index in [9.17, 15) is 4.79 Å². The molecule has 5 nitrogen and oxygen atoms in total. The average molecular weight is 250 g/mol. The van der Waals surface area contributed by atoms with Gasteiger partial charge in [0.1, 0.15) is 0 Å². The molecular formula is C13H18N2O3. The van der Waals surface area contributed by atoms with Crippen LogP contribution in [0.4, 0.5) is 5.69 Å². The molecule has 1 aromatic rings. The molecular weight excluding hydrogens is 232 g/mol. The maximum Gasteiger partial charge on any atom is 0.224 e. The highest BCUT2D eigenvalue weighted by molar-refractivity contribution is 5.90. The van der Waals surface area contributed by atoms with Crippen LogP contribution < -0.4 is 10.1 Å². The number of rotatable bonds is 5. The molecule has 2 rings (SSSR count). The third kappa shape index (κ3) is 3.70. The molecule has 1 saturated heterocycles. The van der Waals surface area contributed by atoms with Gasteiger partial charge in [0, 0.05) is 19.1 Å². The number of carbonyl (C=O) groups is 1. The van der Waals surface area contributed by atoms with Gasteiger partial charge in [0.15, 0.2) is 0 Å². The number of pyridine rings is 1. The first-order valence-electron chi connectivity index (χ1n) is 6.19. The van der Waals surface area contributed by atoms with Gasteiger partial charge in [-0.3, -0.25) is 4.79 Å². The number of anilines is 1. The Balaban J connectivity index is 1.75. The number of methoxy groups -OCH3 is 1. The molecule has 0 radical (unpaired) electrons. The number of amides is 1. The molecule has 0 aliphatic carbocycles. The molecule has 1 N–H and O–H groups in total. The van der Waals surface area contributed by atoms with Crippen molar-refractivity contribution in [2.45, 2.75) is 31.8 Å². The average Bonchev–Trinajstić information content (AvgIpc) is 2.90. The molecule has 1 amide bonds. The van der Waals surface area contributed by atoms with E-state index in [1.165, 1.54) is 0 Å². The molecule has 0 bridgehead atoms. The highest BCUT2D eigenvalue weighted by Crippen LogP contribution is 2.17. The molecule has 0 spiro atoms. The number of hydrogen-bond acceptors (Lipinski definition) is 4. The van der Waals surface area contributed by atoms with Crippen molar-refractivity contribution in [3.63, 3.8) is 0 Å². The Kier molecular flexibility index (Phi) is 4.52. The Morgan fingerprint density at radius 3 is 3.11 bits per heavy atom. The largest absolute Gasteiger partial charge is 0.481 e. The zero-order valence-corrected chi connectivity index (χ0v) is 10.5. The summed E-state index contributed by atoms with van der Waals surface area (Å²) in [6.45, 7) is 0.828. The van der Waals surface area contributed by atoms with Crippen LogP contribution in [0.3, 0.4) is 0 Å². The van der Waals surface area contributed by atoms with Gasteiger partial charge >= 0.3 is 0 Å². The van der Waals surface area contributed by atoms with Gasteiger partial charge in [-0.25, -0.2) is 4.98 Å². The van der Waals surface area contributed by atoms with Crippen molar-refractivity contribution in [2.24, 2.45) is 0 Å². The second-order valence-corrected chi connectivity index (χ2v) is 4.31. The van der Waals surface area contributed by atoms with Crippen LogP contribution in [-0.2, 0) is 9.53 Å². The van der Waals surface area contributed by atoms with E-state index in [-0.39, 0.29) is 12.0 Å². The fourth-order valence-corrected chi connectivity index (χ4v) is 1.96. The molecule has 1 aromatic heterocycles. The van der Waals surface area contributed by atoms with Crippen molar-refractivity contribution in [3.8, 4) is 5.88 Å². The van der Waals surface area contributed by atoms with Crippen molar-refractivity contribution in [3.05, 3.63) is 18.3 Å². The summed E-state index contributed by atoms with van der Waals surface area (Å²) < 4.78 is 10.4. The van der Waals surface area contributed by atoms with Crippen molar-refractivity contribution in [1.82, 2.24) is 4.98 Å². The Morgan fingerprint density at radius 2 is 2.50 bits per heavy atom. The number of nitrogens with one attached hydrogen (secondary N) is 1. The van der Waals surface area contributed by atoms with Gasteiger partial charge in [0.2, 0.25) is 11.8 Å². The van der Waals surface area contributed by atoms with Gasteiger partial charge in [-0.2, -0.15) is 0 Å². The second-order valence-electron chi connectivity index (χ2n) is 4.31. The lowest BCUT2D eigenvalue weighted by molar-refractivity contribution is -0.116. The molecule has 1 aliphatic rings. The van der Waals surface area contributed by atoms with Crippen molar-refractivity contribution in [1.29, 1.82) is 0 Å². The molecule has 0 unspecified atom stereocenters. The van der Waals surface area contributed by atoms with E-state index < -0.39 is 0 Å². The SMILES string of the molecule is COc1ccc(NC(=O)CC[C@H]2CCCO2)cn1. The third-order valence-electron chi connectivity index (χ3n) is 2.95. The number of ether oxygens (including phenoxy) is 2. The summed E-state index contributed by atoms with van der Waals surface area (Å²) in [5, 5.41) is 2.80. The van der Waals surface area contributed by atoms with Gasteiger partial charge in [0.05, 0.1) is 25.1 Å². The quantitative estimate of drug-likeness (QED) is 0.868. The molecule has 2 heterocycles. The Bertz CT molecular complexity index is 386. The summed E-state index contributed by atoms with van der Waals surface area (Å²) >= 11 is 0. The van der Waals surface area contributed by atoms with Crippen molar-refractivity contribution < 1.29 is 14.3 Å². The highest BCUT2D eigenvalue weighted by atomic mass is 16.5. The fourth-order valence-electron chi connectivity index (χ4n) is 1.96. The Morgan fingerprint density at radius 1 is 1.61 bits per heavy atom. The Labute approximate surface area is 107 Å². The van der Waals surface area contributed by atoms with Gasteiger partial charge < -0.3 is 14.8 Å².